The first-order chi connectivity index (χ1) is 8.09. The van der Waals surface area contributed by atoms with Crippen molar-refractivity contribution in [3.8, 4) is 0 Å². The second kappa shape index (κ2) is 7.67. The monoisotopic (exact) mass is 242 g/mol. The molecule has 1 heterocycles. The van der Waals surface area contributed by atoms with Gasteiger partial charge in [0, 0.05) is 13.0 Å². The molecule has 1 saturated heterocycles. The summed E-state index contributed by atoms with van der Waals surface area (Å²) in [5.74, 6) is 0.901. The molecule has 0 saturated carbocycles. The Morgan fingerprint density at radius 2 is 2.29 bits per heavy atom. The summed E-state index contributed by atoms with van der Waals surface area (Å²) in [6.45, 7) is 6.43. The summed E-state index contributed by atoms with van der Waals surface area (Å²) in [5.41, 5.74) is 0. The molecule has 0 bridgehead atoms. The van der Waals surface area contributed by atoms with Crippen molar-refractivity contribution in [2.75, 3.05) is 19.6 Å². The maximum Gasteiger partial charge on any atom is 0.220 e. The molecule has 100 valence electrons. The molecule has 1 rings (SSSR count). The summed E-state index contributed by atoms with van der Waals surface area (Å²) in [6, 6.07) is 0. The van der Waals surface area contributed by atoms with Gasteiger partial charge in [0.25, 0.3) is 0 Å². The Hall–Kier alpha value is -0.610. The molecule has 0 spiro atoms. The molecule has 1 fully saturated rings. The van der Waals surface area contributed by atoms with E-state index in [-0.39, 0.29) is 11.8 Å². The van der Waals surface area contributed by atoms with E-state index < -0.39 is 6.10 Å². The van der Waals surface area contributed by atoms with Gasteiger partial charge >= 0.3 is 0 Å². The number of hydrogen-bond acceptors (Lipinski definition) is 3. The average Bonchev–Trinajstić information content (AvgIpc) is 2.34. The second-order valence-electron chi connectivity index (χ2n) is 5.37. The van der Waals surface area contributed by atoms with Crippen LogP contribution in [0.3, 0.4) is 0 Å². The third kappa shape index (κ3) is 6.03. The first-order valence-electron chi connectivity index (χ1n) is 6.75. The number of amides is 1. The number of carbonyl (C=O) groups is 1. The van der Waals surface area contributed by atoms with Gasteiger partial charge in [-0.2, -0.15) is 0 Å². The smallest absolute Gasteiger partial charge is 0.220 e. The van der Waals surface area contributed by atoms with Crippen LogP contribution in [0.15, 0.2) is 0 Å². The third-order valence-electron chi connectivity index (χ3n) is 3.46. The van der Waals surface area contributed by atoms with Crippen molar-refractivity contribution in [2.24, 2.45) is 11.8 Å². The van der Waals surface area contributed by atoms with Crippen LogP contribution in [0.5, 0.6) is 0 Å². The highest BCUT2D eigenvalue weighted by Gasteiger charge is 2.15. The molecule has 0 radical (unpaired) electrons. The molecule has 0 aromatic heterocycles. The Kier molecular flexibility index (Phi) is 6.52. The number of rotatable bonds is 6. The van der Waals surface area contributed by atoms with E-state index in [2.05, 4.69) is 10.6 Å². The Morgan fingerprint density at radius 1 is 1.53 bits per heavy atom. The highest BCUT2D eigenvalue weighted by molar-refractivity contribution is 5.75. The van der Waals surface area contributed by atoms with E-state index in [0.717, 1.165) is 19.5 Å². The van der Waals surface area contributed by atoms with Crippen LogP contribution >= 0.6 is 0 Å². The van der Waals surface area contributed by atoms with Crippen LogP contribution < -0.4 is 10.6 Å². The number of hydrogen-bond donors (Lipinski definition) is 3. The van der Waals surface area contributed by atoms with E-state index in [1.165, 1.54) is 12.8 Å². The third-order valence-corrected chi connectivity index (χ3v) is 3.46. The highest BCUT2D eigenvalue weighted by atomic mass is 16.3. The molecule has 2 unspecified atom stereocenters. The van der Waals surface area contributed by atoms with Gasteiger partial charge in [0.05, 0.1) is 6.10 Å². The summed E-state index contributed by atoms with van der Waals surface area (Å²) in [5, 5.41) is 15.7. The van der Waals surface area contributed by atoms with Crippen molar-refractivity contribution in [3.05, 3.63) is 0 Å². The number of aliphatic hydroxyl groups excluding tert-OH is 1. The van der Waals surface area contributed by atoms with Gasteiger partial charge in [-0.05, 0) is 44.2 Å². The Labute approximate surface area is 104 Å². The Bertz CT molecular complexity index is 225. The standard InChI is InChI=1S/C13H26N2O2/c1-10(2)12(16)9-15-13(17)6-5-11-4-3-7-14-8-11/h10-12,14,16H,3-9H2,1-2H3,(H,15,17). The minimum atomic E-state index is -0.435. The lowest BCUT2D eigenvalue weighted by Crippen LogP contribution is -2.35. The SMILES string of the molecule is CC(C)C(O)CNC(=O)CCC1CCCNC1. The number of nitrogens with one attached hydrogen (secondary N) is 2. The lowest BCUT2D eigenvalue weighted by Gasteiger charge is -2.22. The first-order valence-corrected chi connectivity index (χ1v) is 6.75. The fourth-order valence-electron chi connectivity index (χ4n) is 2.05. The second-order valence-corrected chi connectivity index (χ2v) is 5.37. The van der Waals surface area contributed by atoms with E-state index >= 15 is 0 Å². The topological polar surface area (TPSA) is 61.4 Å². The van der Waals surface area contributed by atoms with E-state index in [1.807, 2.05) is 13.8 Å². The van der Waals surface area contributed by atoms with Crippen LogP contribution in [0, 0.1) is 11.8 Å². The average molecular weight is 242 g/mol. The highest BCUT2D eigenvalue weighted by Crippen LogP contribution is 2.15. The summed E-state index contributed by atoms with van der Waals surface area (Å²) >= 11 is 0. The first kappa shape index (κ1) is 14.5. The predicted octanol–water partition coefficient (Wildman–Crippen LogP) is 0.899. The summed E-state index contributed by atoms with van der Waals surface area (Å²) in [4.78, 5) is 11.6. The zero-order valence-corrected chi connectivity index (χ0v) is 11.0. The van der Waals surface area contributed by atoms with Crippen LogP contribution in [-0.4, -0.2) is 36.8 Å². The molecule has 4 nitrogen and oxygen atoms in total. The van der Waals surface area contributed by atoms with Crippen LogP contribution in [0.1, 0.15) is 39.5 Å². The van der Waals surface area contributed by atoms with Gasteiger partial charge in [-0.15, -0.1) is 0 Å². The zero-order valence-electron chi connectivity index (χ0n) is 11.0. The van der Waals surface area contributed by atoms with Crippen LogP contribution in [0.2, 0.25) is 0 Å². The van der Waals surface area contributed by atoms with Crippen molar-refractivity contribution >= 4 is 5.91 Å². The van der Waals surface area contributed by atoms with Gasteiger partial charge < -0.3 is 15.7 Å². The van der Waals surface area contributed by atoms with Crippen molar-refractivity contribution < 1.29 is 9.90 Å². The molecule has 3 N–H and O–H groups in total. The summed E-state index contributed by atoms with van der Waals surface area (Å²) < 4.78 is 0. The number of carbonyl (C=O) groups excluding carboxylic acids is 1. The maximum absolute atomic E-state index is 11.6. The molecular weight excluding hydrogens is 216 g/mol. The lowest BCUT2D eigenvalue weighted by molar-refractivity contribution is -0.122. The molecule has 1 amide bonds. The number of piperidine rings is 1. The van der Waals surface area contributed by atoms with E-state index in [9.17, 15) is 9.90 Å². The van der Waals surface area contributed by atoms with E-state index in [1.54, 1.807) is 0 Å². The zero-order chi connectivity index (χ0) is 12.7. The van der Waals surface area contributed by atoms with Crippen molar-refractivity contribution in [3.63, 3.8) is 0 Å². The van der Waals surface area contributed by atoms with Crippen LogP contribution in [-0.2, 0) is 4.79 Å². The van der Waals surface area contributed by atoms with Gasteiger partial charge in [-0.3, -0.25) is 4.79 Å². The lowest BCUT2D eigenvalue weighted by atomic mass is 9.94. The van der Waals surface area contributed by atoms with Crippen LogP contribution in [0.25, 0.3) is 0 Å². The Morgan fingerprint density at radius 3 is 2.88 bits per heavy atom. The van der Waals surface area contributed by atoms with Crippen molar-refractivity contribution in [1.29, 1.82) is 0 Å². The molecule has 0 aromatic rings. The predicted molar refractivity (Wildman–Crippen MR) is 68.7 cm³/mol. The molecule has 0 aromatic carbocycles. The van der Waals surface area contributed by atoms with E-state index in [0.29, 0.717) is 18.9 Å². The minimum Gasteiger partial charge on any atom is -0.391 e. The van der Waals surface area contributed by atoms with Gasteiger partial charge in [0.2, 0.25) is 5.91 Å². The van der Waals surface area contributed by atoms with Gasteiger partial charge in [0.15, 0.2) is 0 Å². The molecule has 2 atom stereocenters. The Balaban J connectivity index is 2.08. The molecule has 0 aliphatic carbocycles. The summed E-state index contributed by atoms with van der Waals surface area (Å²) in [6.07, 6.45) is 3.55. The van der Waals surface area contributed by atoms with Gasteiger partial charge in [0.1, 0.15) is 0 Å². The van der Waals surface area contributed by atoms with Gasteiger partial charge in [-0.1, -0.05) is 13.8 Å². The molecular formula is C13H26N2O2. The van der Waals surface area contributed by atoms with E-state index in [4.69, 9.17) is 0 Å². The largest absolute Gasteiger partial charge is 0.391 e. The fraction of sp³-hybridized carbons (Fsp3) is 0.923. The molecule has 1 aliphatic heterocycles. The van der Waals surface area contributed by atoms with Crippen molar-refractivity contribution in [1.82, 2.24) is 10.6 Å². The van der Waals surface area contributed by atoms with Gasteiger partial charge in [-0.25, -0.2) is 0 Å². The fourth-order valence-corrected chi connectivity index (χ4v) is 2.05. The maximum atomic E-state index is 11.6. The molecule has 1 aliphatic rings. The molecule has 4 heteroatoms. The number of aliphatic hydroxyl groups is 1. The minimum absolute atomic E-state index is 0.0651. The van der Waals surface area contributed by atoms with Crippen molar-refractivity contribution in [2.45, 2.75) is 45.6 Å². The normalized spacial score (nSPS) is 22.5. The summed E-state index contributed by atoms with van der Waals surface area (Å²) in [7, 11) is 0. The quantitative estimate of drug-likeness (QED) is 0.648. The molecule has 17 heavy (non-hydrogen) atoms. The van der Waals surface area contributed by atoms with Crippen LogP contribution in [0.4, 0.5) is 0 Å².